The third kappa shape index (κ3) is 5.80. The monoisotopic (exact) mass is 442 g/mol. The van der Waals surface area contributed by atoms with Crippen molar-refractivity contribution in [2.75, 3.05) is 7.05 Å². The first kappa shape index (κ1) is 21.9. The molecule has 1 N–H and O–H groups in total. The van der Waals surface area contributed by atoms with Gasteiger partial charge in [0, 0.05) is 22.7 Å². The van der Waals surface area contributed by atoms with Gasteiger partial charge in [-0.1, -0.05) is 70.8 Å². The number of aryl methyl sites for hydroxylation is 1. The fraction of sp³-hybridized carbons (Fsp3) is 0.304. The van der Waals surface area contributed by atoms with Crippen LogP contribution in [0.1, 0.15) is 48.9 Å². The Hall–Kier alpha value is -2.40. The summed E-state index contributed by atoms with van der Waals surface area (Å²) in [5, 5.41) is 7.01. The van der Waals surface area contributed by atoms with Gasteiger partial charge in [-0.05, 0) is 49.1 Å². The number of allylic oxidation sites excluding steroid dienone is 1. The molecule has 0 unspecified atom stereocenters. The lowest BCUT2D eigenvalue weighted by Crippen LogP contribution is -2.20. The molecule has 2 rings (SSSR count). The van der Waals surface area contributed by atoms with Gasteiger partial charge >= 0.3 is 0 Å². The van der Waals surface area contributed by atoms with Crippen molar-refractivity contribution in [3.63, 3.8) is 0 Å². The topological polar surface area (TPSA) is 50.7 Å². The molecule has 0 spiro atoms. The molecular weight excluding hydrogens is 416 g/mol. The van der Waals surface area contributed by atoms with Crippen molar-refractivity contribution in [3.8, 4) is 0 Å². The van der Waals surface area contributed by atoms with Crippen LogP contribution in [0.5, 0.6) is 0 Å². The van der Waals surface area contributed by atoms with Crippen LogP contribution >= 0.6 is 15.9 Å². The van der Waals surface area contributed by atoms with Gasteiger partial charge in [0.05, 0.1) is 5.71 Å². The van der Waals surface area contributed by atoms with Crippen LogP contribution in [0, 0.1) is 6.92 Å². The summed E-state index contributed by atoms with van der Waals surface area (Å²) in [7, 11) is 1.65. The first-order chi connectivity index (χ1) is 13.5. The van der Waals surface area contributed by atoms with Gasteiger partial charge in [-0.2, -0.15) is 0 Å². The molecule has 5 heteroatoms. The molecule has 28 heavy (non-hydrogen) atoms. The maximum atomic E-state index is 12.4. The van der Waals surface area contributed by atoms with Crippen LogP contribution < -0.4 is 5.32 Å². The molecule has 1 amide bonds. The number of amides is 1. The second-order valence-corrected chi connectivity index (χ2v) is 7.46. The number of rotatable bonds is 8. The van der Waals surface area contributed by atoms with E-state index in [0.29, 0.717) is 12.2 Å². The van der Waals surface area contributed by atoms with Crippen molar-refractivity contribution >= 4 is 33.1 Å². The highest BCUT2D eigenvalue weighted by molar-refractivity contribution is 9.10. The minimum absolute atomic E-state index is 0.0881. The highest BCUT2D eigenvalue weighted by Gasteiger charge is 2.16. The minimum Gasteiger partial charge on any atom is -0.391 e. The van der Waals surface area contributed by atoms with E-state index >= 15 is 0 Å². The average molecular weight is 443 g/mol. The maximum absolute atomic E-state index is 12.4. The lowest BCUT2D eigenvalue weighted by Gasteiger charge is -2.14. The number of unbranched alkanes of at least 4 members (excludes halogenated alkanes) is 1. The summed E-state index contributed by atoms with van der Waals surface area (Å²) in [4.78, 5) is 18.1. The van der Waals surface area contributed by atoms with Gasteiger partial charge in [0.25, 0.3) is 5.91 Å². The van der Waals surface area contributed by atoms with Crippen molar-refractivity contribution in [2.24, 2.45) is 5.16 Å². The molecular formula is C23H27BrN2O2. The molecule has 148 valence electrons. The van der Waals surface area contributed by atoms with Crippen molar-refractivity contribution in [1.82, 2.24) is 5.32 Å². The lowest BCUT2D eigenvalue weighted by atomic mass is 9.95. The van der Waals surface area contributed by atoms with Crippen molar-refractivity contribution in [1.29, 1.82) is 0 Å². The standard InChI is InChI=1S/C23H27BrN2O2/c1-5-6-9-21(23(27)25-4)20-10-7-8-16(2)22(20)15-28-26-17(3)18-11-13-19(24)14-12-18/h7-14H,5-6,15H2,1-4H3,(H,25,27)/b21-9-,26-17+. The van der Waals surface area contributed by atoms with E-state index in [4.69, 9.17) is 4.84 Å². The quantitative estimate of drug-likeness (QED) is 0.327. The van der Waals surface area contributed by atoms with Crippen molar-refractivity contribution in [3.05, 3.63) is 75.3 Å². The molecule has 0 saturated heterocycles. The smallest absolute Gasteiger partial charge is 0.251 e. The summed E-state index contributed by atoms with van der Waals surface area (Å²) >= 11 is 3.43. The summed E-state index contributed by atoms with van der Waals surface area (Å²) in [6, 6.07) is 13.9. The summed E-state index contributed by atoms with van der Waals surface area (Å²) in [6.07, 6.45) is 3.82. The van der Waals surface area contributed by atoms with E-state index in [1.807, 2.05) is 62.4 Å². The van der Waals surface area contributed by atoms with Crippen LogP contribution in [0.3, 0.4) is 0 Å². The lowest BCUT2D eigenvalue weighted by molar-refractivity contribution is -0.115. The fourth-order valence-electron chi connectivity index (χ4n) is 2.83. The Bertz CT molecular complexity index is 871. The Labute approximate surface area is 175 Å². The summed E-state index contributed by atoms with van der Waals surface area (Å²) in [6.45, 7) is 6.34. The highest BCUT2D eigenvalue weighted by Crippen LogP contribution is 2.24. The predicted octanol–water partition coefficient (Wildman–Crippen LogP) is 5.63. The van der Waals surface area contributed by atoms with Gasteiger partial charge in [-0.3, -0.25) is 4.79 Å². The summed E-state index contributed by atoms with van der Waals surface area (Å²) in [5.74, 6) is -0.0881. The van der Waals surface area contributed by atoms with Crippen LogP contribution in [-0.2, 0) is 16.2 Å². The van der Waals surface area contributed by atoms with Crippen molar-refractivity contribution < 1.29 is 9.63 Å². The Morgan fingerprint density at radius 3 is 2.57 bits per heavy atom. The molecule has 0 aromatic heterocycles. The van der Waals surface area contributed by atoms with Crippen LogP contribution in [0.25, 0.3) is 5.57 Å². The largest absolute Gasteiger partial charge is 0.391 e. The van der Waals surface area contributed by atoms with Crippen molar-refractivity contribution in [2.45, 2.75) is 40.2 Å². The molecule has 0 aliphatic heterocycles. The van der Waals surface area contributed by atoms with Crippen LogP contribution in [0.15, 0.2) is 58.2 Å². The third-order valence-corrected chi connectivity index (χ3v) is 5.01. The van der Waals surface area contributed by atoms with E-state index in [-0.39, 0.29) is 5.91 Å². The summed E-state index contributed by atoms with van der Waals surface area (Å²) in [5.41, 5.74) is 5.42. The van der Waals surface area contributed by atoms with Crippen LogP contribution in [0.4, 0.5) is 0 Å². The molecule has 0 aliphatic carbocycles. The van der Waals surface area contributed by atoms with Gasteiger partial charge in [0.1, 0.15) is 6.61 Å². The molecule has 0 heterocycles. The number of oxime groups is 1. The molecule has 4 nitrogen and oxygen atoms in total. The highest BCUT2D eigenvalue weighted by atomic mass is 79.9. The third-order valence-electron chi connectivity index (χ3n) is 4.48. The molecule has 0 aliphatic rings. The number of carbonyl (C=O) groups excluding carboxylic acids is 1. The fourth-order valence-corrected chi connectivity index (χ4v) is 3.10. The second kappa shape index (κ2) is 10.8. The molecule has 0 bridgehead atoms. The zero-order valence-electron chi connectivity index (χ0n) is 16.9. The average Bonchev–Trinajstić information content (AvgIpc) is 2.70. The van der Waals surface area contributed by atoms with E-state index in [9.17, 15) is 4.79 Å². The van der Waals surface area contributed by atoms with E-state index in [1.165, 1.54) is 0 Å². The first-order valence-electron chi connectivity index (χ1n) is 9.41. The number of benzene rings is 2. The van der Waals surface area contributed by atoms with Gasteiger partial charge in [-0.25, -0.2) is 0 Å². The zero-order chi connectivity index (χ0) is 20.5. The maximum Gasteiger partial charge on any atom is 0.251 e. The first-order valence-corrected chi connectivity index (χ1v) is 10.2. The number of hydrogen-bond acceptors (Lipinski definition) is 3. The number of halogens is 1. The van der Waals surface area contributed by atoms with Gasteiger partial charge in [0.15, 0.2) is 0 Å². The molecule has 0 radical (unpaired) electrons. The van der Waals surface area contributed by atoms with Gasteiger partial charge < -0.3 is 10.2 Å². The number of carbonyl (C=O) groups is 1. The molecule has 2 aromatic rings. The normalized spacial score (nSPS) is 12.0. The van der Waals surface area contributed by atoms with E-state index < -0.39 is 0 Å². The number of likely N-dealkylation sites (N-methyl/N-ethyl adjacent to an activating group) is 1. The van der Waals surface area contributed by atoms with Crippen LogP contribution in [0.2, 0.25) is 0 Å². The number of hydrogen-bond donors (Lipinski definition) is 1. The predicted molar refractivity (Wildman–Crippen MR) is 119 cm³/mol. The SMILES string of the molecule is CCC/C=C(\C(=O)NC)c1cccc(C)c1CO/N=C(\C)c1ccc(Br)cc1. The zero-order valence-corrected chi connectivity index (χ0v) is 18.5. The second-order valence-electron chi connectivity index (χ2n) is 6.54. The Morgan fingerprint density at radius 1 is 1.21 bits per heavy atom. The molecule has 0 atom stereocenters. The van der Waals surface area contributed by atoms with Crippen LogP contribution in [-0.4, -0.2) is 18.7 Å². The Balaban J connectivity index is 2.27. The van der Waals surface area contributed by atoms with E-state index in [2.05, 4.69) is 33.3 Å². The minimum atomic E-state index is -0.0881. The molecule has 0 fully saturated rings. The van der Waals surface area contributed by atoms with Gasteiger partial charge in [-0.15, -0.1) is 0 Å². The number of nitrogens with zero attached hydrogens (tertiary/aromatic N) is 1. The Kier molecular flexibility index (Phi) is 8.45. The molecule has 2 aromatic carbocycles. The van der Waals surface area contributed by atoms with E-state index in [0.717, 1.165) is 45.3 Å². The summed E-state index contributed by atoms with van der Waals surface area (Å²) < 4.78 is 1.02. The van der Waals surface area contributed by atoms with E-state index in [1.54, 1.807) is 7.05 Å². The molecule has 0 saturated carbocycles. The number of nitrogens with one attached hydrogen (secondary N) is 1. The Morgan fingerprint density at radius 2 is 1.93 bits per heavy atom. The van der Waals surface area contributed by atoms with Gasteiger partial charge in [0.2, 0.25) is 0 Å².